The topological polar surface area (TPSA) is 63.6 Å². The van der Waals surface area contributed by atoms with Gasteiger partial charge in [-0.1, -0.05) is 24.3 Å². The Bertz CT molecular complexity index is 766. The van der Waals surface area contributed by atoms with Gasteiger partial charge in [0.1, 0.15) is 15.6 Å². The van der Waals surface area contributed by atoms with Crippen LogP contribution in [0, 0.1) is 6.92 Å². The molecule has 0 aliphatic rings. The fourth-order valence-corrected chi connectivity index (χ4v) is 3.04. The minimum absolute atomic E-state index is 0.0222. The van der Waals surface area contributed by atoms with Crippen LogP contribution in [0.4, 0.5) is 0 Å². The number of hydrogen-bond donors (Lipinski definition) is 1. The molecule has 0 spiro atoms. The Morgan fingerprint density at radius 1 is 1.13 bits per heavy atom. The molecule has 2 aromatic rings. The third kappa shape index (κ3) is 5.37. The molecule has 0 saturated heterocycles. The molecule has 23 heavy (non-hydrogen) atoms. The lowest BCUT2D eigenvalue weighted by molar-refractivity contribution is 0.282. The van der Waals surface area contributed by atoms with Gasteiger partial charge in [0.2, 0.25) is 0 Å². The third-order valence-electron chi connectivity index (χ3n) is 3.55. The van der Waals surface area contributed by atoms with Crippen LogP contribution in [0.3, 0.4) is 0 Å². The molecule has 0 unspecified atom stereocenters. The van der Waals surface area contributed by atoms with E-state index in [9.17, 15) is 13.5 Å². The van der Waals surface area contributed by atoms with E-state index in [1.807, 2.05) is 49.4 Å². The minimum Gasteiger partial charge on any atom is -0.494 e. The van der Waals surface area contributed by atoms with E-state index in [2.05, 4.69) is 0 Å². The second kappa shape index (κ2) is 7.62. The van der Waals surface area contributed by atoms with Crippen LogP contribution >= 0.6 is 0 Å². The van der Waals surface area contributed by atoms with Gasteiger partial charge in [0.25, 0.3) is 0 Å². The van der Waals surface area contributed by atoms with E-state index in [1.165, 1.54) is 6.26 Å². The fraction of sp³-hybridized carbons (Fsp3) is 0.333. The highest BCUT2D eigenvalue weighted by atomic mass is 32.2. The van der Waals surface area contributed by atoms with Crippen LogP contribution < -0.4 is 4.74 Å². The Kier molecular flexibility index (Phi) is 5.80. The van der Waals surface area contributed by atoms with Gasteiger partial charge in [-0.3, -0.25) is 0 Å². The van der Waals surface area contributed by atoms with Crippen molar-refractivity contribution in [3.63, 3.8) is 0 Å². The molecule has 2 rings (SSSR count). The van der Waals surface area contributed by atoms with Gasteiger partial charge in [-0.25, -0.2) is 8.42 Å². The van der Waals surface area contributed by atoms with E-state index in [0.717, 1.165) is 28.0 Å². The van der Waals surface area contributed by atoms with Crippen LogP contribution in [0.15, 0.2) is 42.5 Å². The lowest BCUT2D eigenvalue weighted by Gasteiger charge is -2.11. The van der Waals surface area contributed by atoms with Gasteiger partial charge in [-0.15, -0.1) is 0 Å². The molecule has 0 aromatic heterocycles. The minimum atomic E-state index is -2.94. The summed E-state index contributed by atoms with van der Waals surface area (Å²) < 4.78 is 27.8. The van der Waals surface area contributed by atoms with Crippen LogP contribution in [0.5, 0.6) is 5.75 Å². The molecule has 4 nitrogen and oxygen atoms in total. The molecule has 0 bridgehead atoms. The van der Waals surface area contributed by atoms with E-state index in [4.69, 9.17) is 4.74 Å². The molecule has 0 fully saturated rings. The van der Waals surface area contributed by atoms with Crippen LogP contribution in [-0.2, 0) is 16.4 Å². The predicted molar refractivity (Wildman–Crippen MR) is 92.4 cm³/mol. The van der Waals surface area contributed by atoms with Crippen LogP contribution in [0.25, 0.3) is 11.1 Å². The highest BCUT2D eigenvalue weighted by Crippen LogP contribution is 2.27. The molecule has 5 heteroatoms. The zero-order chi connectivity index (χ0) is 16.9. The van der Waals surface area contributed by atoms with Gasteiger partial charge >= 0.3 is 0 Å². The van der Waals surface area contributed by atoms with E-state index >= 15 is 0 Å². The molecule has 1 N–H and O–H groups in total. The maximum atomic E-state index is 11.1. The Morgan fingerprint density at radius 2 is 1.91 bits per heavy atom. The summed E-state index contributed by atoms with van der Waals surface area (Å²) in [5, 5.41) is 9.24. The number of rotatable bonds is 7. The van der Waals surface area contributed by atoms with E-state index in [-0.39, 0.29) is 12.4 Å². The van der Waals surface area contributed by atoms with Gasteiger partial charge in [0.05, 0.1) is 19.0 Å². The third-order valence-corrected chi connectivity index (χ3v) is 4.58. The molecule has 0 amide bonds. The van der Waals surface area contributed by atoms with Crippen molar-refractivity contribution in [1.29, 1.82) is 0 Å². The number of aliphatic hydroxyl groups is 1. The highest BCUT2D eigenvalue weighted by molar-refractivity contribution is 7.90. The lowest BCUT2D eigenvalue weighted by Crippen LogP contribution is -2.08. The van der Waals surface area contributed by atoms with Crippen molar-refractivity contribution < 1.29 is 18.3 Å². The summed E-state index contributed by atoms with van der Waals surface area (Å²) in [5.74, 6) is 0.871. The van der Waals surface area contributed by atoms with Crippen molar-refractivity contribution in [3.8, 4) is 16.9 Å². The van der Waals surface area contributed by atoms with E-state index in [1.54, 1.807) is 0 Å². The Balaban J connectivity index is 2.05. The Labute approximate surface area is 137 Å². The largest absolute Gasteiger partial charge is 0.494 e. The maximum Gasteiger partial charge on any atom is 0.147 e. The molecule has 0 radical (unpaired) electrons. The lowest BCUT2D eigenvalue weighted by atomic mass is 9.99. The fourth-order valence-electron chi connectivity index (χ4n) is 2.40. The van der Waals surface area contributed by atoms with Gasteiger partial charge in [-0.2, -0.15) is 0 Å². The number of ether oxygens (including phenoxy) is 1. The summed E-state index contributed by atoms with van der Waals surface area (Å²) in [6, 6.07) is 13.6. The number of hydrogen-bond acceptors (Lipinski definition) is 4. The first-order valence-corrected chi connectivity index (χ1v) is 9.56. The first kappa shape index (κ1) is 17.5. The summed E-state index contributed by atoms with van der Waals surface area (Å²) in [6.07, 6.45) is 1.71. The summed E-state index contributed by atoms with van der Waals surface area (Å²) in [7, 11) is -2.94. The van der Waals surface area contributed by atoms with Gasteiger partial charge in [0, 0.05) is 6.26 Å². The van der Waals surface area contributed by atoms with E-state index in [0.29, 0.717) is 13.0 Å². The molecule has 0 atom stereocenters. The number of aliphatic hydroxyl groups excluding tert-OH is 1. The summed E-state index contributed by atoms with van der Waals surface area (Å²) in [5.41, 5.74) is 4.09. The quantitative estimate of drug-likeness (QED) is 0.791. The van der Waals surface area contributed by atoms with Crippen molar-refractivity contribution in [3.05, 3.63) is 53.6 Å². The number of benzene rings is 2. The normalized spacial score (nSPS) is 11.4. The molecule has 124 valence electrons. The molecule has 0 heterocycles. The summed E-state index contributed by atoms with van der Waals surface area (Å²) in [6.45, 7) is 2.41. The smallest absolute Gasteiger partial charge is 0.147 e. The van der Waals surface area contributed by atoms with Crippen LogP contribution in [-0.4, -0.2) is 32.1 Å². The molecular weight excluding hydrogens is 312 g/mol. The monoisotopic (exact) mass is 334 g/mol. The second-order valence-corrected chi connectivity index (χ2v) is 7.93. The number of aryl methyl sites for hydroxylation is 1. The van der Waals surface area contributed by atoms with Gasteiger partial charge in [-0.05, 0) is 53.8 Å². The average molecular weight is 334 g/mol. The highest BCUT2D eigenvalue weighted by Gasteiger charge is 2.06. The molecule has 0 saturated carbocycles. The molecule has 0 aliphatic carbocycles. The number of sulfone groups is 1. The van der Waals surface area contributed by atoms with Crippen LogP contribution in [0.2, 0.25) is 0 Å². The average Bonchev–Trinajstić information content (AvgIpc) is 2.51. The second-order valence-electron chi connectivity index (χ2n) is 5.67. The van der Waals surface area contributed by atoms with Gasteiger partial charge in [0.15, 0.2) is 0 Å². The standard InChI is InChI=1S/C18H22O4S/c1-14-11-17(22-9-4-10-23(2,20)21)7-8-18(14)16-6-3-5-15(12-16)13-19/h3,5-8,11-12,19H,4,9-10,13H2,1-2H3. The first-order chi connectivity index (χ1) is 10.9. The molecule has 2 aromatic carbocycles. The molecule has 0 aliphatic heterocycles. The SMILES string of the molecule is Cc1cc(OCCCS(C)(=O)=O)ccc1-c1cccc(CO)c1. The zero-order valence-electron chi connectivity index (χ0n) is 13.5. The Hall–Kier alpha value is -1.85. The predicted octanol–water partition coefficient (Wildman–Crippen LogP) is 2.97. The summed E-state index contributed by atoms with van der Waals surface area (Å²) in [4.78, 5) is 0. The van der Waals surface area contributed by atoms with Crippen molar-refractivity contribution >= 4 is 9.84 Å². The first-order valence-electron chi connectivity index (χ1n) is 7.50. The Morgan fingerprint density at radius 3 is 2.57 bits per heavy atom. The molecular formula is C18H22O4S. The van der Waals surface area contributed by atoms with Gasteiger partial charge < -0.3 is 9.84 Å². The summed E-state index contributed by atoms with van der Waals surface area (Å²) >= 11 is 0. The zero-order valence-corrected chi connectivity index (χ0v) is 14.3. The van der Waals surface area contributed by atoms with E-state index < -0.39 is 9.84 Å². The maximum absolute atomic E-state index is 11.1. The van der Waals surface area contributed by atoms with Crippen molar-refractivity contribution in [2.75, 3.05) is 18.6 Å². The van der Waals surface area contributed by atoms with Crippen molar-refractivity contribution in [2.24, 2.45) is 0 Å². The van der Waals surface area contributed by atoms with Crippen molar-refractivity contribution in [2.45, 2.75) is 20.0 Å². The van der Waals surface area contributed by atoms with Crippen molar-refractivity contribution in [1.82, 2.24) is 0 Å². The van der Waals surface area contributed by atoms with Crippen LogP contribution in [0.1, 0.15) is 17.5 Å².